The zero-order chi connectivity index (χ0) is 27.1. The van der Waals surface area contributed by atoms with Gasteiger partial charge in [-0.3, -0.25) is 4.40 Å². The molecule has 200 valence electrons. The number of hydrogen-bond acceptors (Lipinski definition) is 7. The van der Waals surface area contributed by atoms with Crippen molar-refractivity contribution in [3.8, 4) is 22.6 Å². The van der Waals surface area contributed by atoms with Gasteiger partial charge in [0, 0.05) is 37.1 Å². The second kappa shape index (κ2) is 9.82. The Morgan fingerprint density at radius 3 is 2.54 bits per heavy atom. The van der Waals surface area contributed by atoms with Crippen molar-refractivity contribution in [3.05, 3.63) is 84.6 Å². The van der Waals surface area contributed by atoms with E-state index in [-0.39, 0.29) is 24.9 Å². The van der Waals surface area contributed by atoms with E-state index in [4.69, 9.17) is 4.42 Å². The fourth-order valence-electron chi connectivity index (χ4n) is 4.72. The van der Waals surface area contributed by atoms with Crippen LogP contribution in [0.2, 0.25) is 0 Å². The quantitative estimate of drug-likeness (QED) is 0.323. The zero-order valence-corrected chi connectivity index (χ0v) is 21.1. The van der Waals surface area contributed by atoms with Gasteiger partial charge in [-0.25, -0.2) is 31.6 Å². The van der Waals surface area contributed by atoms with Crippen molar-refractivity contribution in [2.75, 3.05) is 18.4 Å². The number of piperidine rings is 1. The van der Waals surface area contributed by atoms with Gasteiger partial charge in [0.1, 0.15) is 35.1 Å². The maximum atomic E-state index is 14.3. The van der Waals surface area contributed by atoms with E-state index in [1.165, 1.54) is 18.4 Å². The number of anilines is 1. The second-order valence-corrected chi connectivity index (χ2v) is 10.9. The number of imidazole rings is 1. The van der Waals surface area contributed by atoms with Crippen LogP contribution in [0.5, 0.6) is 0 Å². The fourth-order valence-corrected chi connectivity index (χ4v) is 6.35. The summed E-state index contributed by atoms with van der Waals surface area (Å²) in [5.41, 5.74) is 2.28. The van der Waals surface area contributed by atoms with Crippen molar-refractivity contribution in [1.82, 2.24) is 23.7 Å². The highest BCUT2D eigenvalue weighted by Crippen LogP contribution is 2.33. The van der Waals surface area contributed by atoms with Gasteiger partial charge in [-0.15, -0.1) is 0 Å². The van der Waals surface area contributed by atoms with Crippen molar-refractivity contribution in [3.63, 3.8) is 0 Å². The molecule has 1 aliphatic heterocycles. The molecule has 0 saturated carbocycles. The Bertz CT molecular complexity index is 1750. The molecule has 1 aliphatic rings. The third kappa shape index (κ3) is 4.63. The Labute approximate surface area is 221 Å². The van der Waals surface area contributed by atoms with Crippen LogP contribution in [0.4, 0.5) is 19.1 Å². The predicted molar refractivity (Wildman–Crippen MR) is 136 cm³/mol. The summed E-state index contributed by atoms with van der Waals surface area (Å²) in [6.07, 6.45) is 5.78. The minimum atomic E-state index is -4.40. The summed E-state index contributed by atoms with van der Waals surface area (Å²) in [6, 6.07) is 10.1. The van der Waals surface area contributed by atoms with Gasteiger partial charge in [0.2, 0.25) is 16.0 Å². The molecule has 0 radical (unpaired) electrons. The summed E-state index contributed by atoms with van der Waals surface area (Å²) >= 11 is 0. The topological polar surface area (TPSA) is 106 Å². The Balaban J connectivity index is 1.29. The number of hydrogen-bond donors (Lipinski definition) is 1. The first-order valence-corrected chi connectivity index (χ1v) is 13.5. The van der Waals surface area contributed by atoms with E-state index < -0.39 is 32.6 Å². The lowest BCUT2D eigenvalue weighted by Gasteiger charge is -2.32. The Morgan fingerprint density at radius 2 is 1.77 bits per heavy atom. The lowest BCUT2D eigenvalue weighted by atomic mass is 10.1. The highest BCUT2D eigenvalue weighted by molar-refractivity contribution is 7.89. The van der Waals surface area contributed by atoms with Gasteiger partial charge in [-0.2, -0.15) is 9.29 Å². The van der Waals surface area contributed by atoms with Crippen LogP contribution in [0.25, 0.3) is 28.5 Å². The molecule has 9 nitrogen and oxygen atoms in total. The van der Waals surface area contributed by atoms with Crippen LogP contribution in [0.15, 0.2) is 76.5 Å². The van der Waals surface area contributed by atoms with E-state index in [9.17, 15) is 21.6 Å². The molecule has 13 heteroatoms. The van der Waals surface area contributed by atoms with Crippen LogP contribution in [0.1, 0.15) is 12.8 Å². The molecule has 0 unspecified atom stereocenters. The average molecular weight is 555 g/mol. The molecule has 0 amide bonds. The van der Waals surface area contributed by atoms with Crippen molar-refractivity contribution in [2.24, 2.45) is 0 Å². The summed E-state index contributed by atoms with van der Waals surface area (Å²) < 4.78 is 76.5. The highest BCUT2D eigenvalue weighted by Gasteiger charge is 2.34. The molecule has 6 rings (SSSR count). The van der Waals surface area contributed by atoms with Crippen LogP contribution in [0, 0.1) is 17.5 Å². The van der Waals surface area contributed by atoms with E-state index in [1.54, 1.807) is 35.0 Å². The lowest BCUT2D eigenvalue weighted by Crippen LogP contribution is -2.45. The van der Waals surface area contributed by atoms with Crippen molar-refractivity contribution >= 4 is 21.8 Å². The molecule has 1 fully saturated rings. The van der Waals surface area contributed by atoms with E-state index in [0.717, 1.165) is 22.5 Å². The Hall–Kier alpha value is -4.23. The first kappa shape index (κ1) is 25.1. The zero-order valence-electron chi connectivity index (χ0n) is 20.3. The molecule has 0 spiro atoms. The number of nitrogens with zero attached hydrogens (tertiary/aromatic N) is 5. The van der Waals surface area contributed by atoms with Gasteiger partial charge in [0.25, 0.3) is 0 Å². The SMILES string of the molecule is O=S(=O)(c1c(F)cccc1F)N1CCC[C@@H](Nc2nccc(-c3c(-c4ccc(F)cc4)nc4occn34)n2)C1. The summed E-state index contributed by atoms with van der Waals surface area (Å²) in [6.45, 7) is 0.105. The molecule has 2 aromatic carbocycles. The van der Waals surface area contributed by atoms with Crippen molar-refractivity contribution in [1.29, 1.82) is 0 Å². The molecule has 39 heavy (non-hydrogen) atoms. The van der Waals surface area contributed by atoms with Gasteiger partial charge < -0.3 is 9.73 Å². The van der Waals surface area contributed by atoms with Crippen LogP contribution in [-0.2, 0) is 10.0 Å². The fraction of sp³-hybridized carbons (Fsp3) is 0.192. The molecule has 4 heterocycles. The first-order chi connectivity index (χ1) is 18.8. The van der Waals surface area contributed by atoms with Gasteiger partial charge in [0.05, 0.1) is 5.69 Å². The molecular weight excluding hydrogens is 533 g/mol. The van der Waals surface area contributed by atoms with Gasteiger partial charge in [-0.05, 0) is 55.3 Å². The standard InChI is InChI=1S/C26H21F3N6O3S/c27-17-8-6-16(7-9-17)22-23(35-13-14-38-26(35)33-22)21-10-11-30-25(32-21)31-18-3-2-12-34(15-18)39(36,37)24-19(28)4-1-5-20(24)29/h1,4-11,13-14,18H,2-3,12,15H2,(H,30,31,32)/t18-/m1/s1. The maximum absolute atomic E-state index is 14.3. The molecule has 1 atom stereocenters. The minimum Gasteiger partial charge on any atom is -0.432 e. The third-order valence-electron chi connectivity index (χ3n) is 6.51. The number of fused-ring (bicyclic) bond motifs is 1. The number of rotatable bonds is 6. The third-order valence-corrected chi connectivity index (χ3v) is 8.43. The van der Waals surface area contributed by atoms with Crippen LogP contribution in [-0.4, -0.2) is 51.2 Å². The molecule has 5 aromatic rings. The summed E-state index contributed by atoms with van der Waals surface area (Å²) in [7, 11) is -4.40. The van der Waals surface area contributed by atoms with Gasteiger partial charge in [0.15, 0.2) is 4.90 Å². The summed E-state index contributed by atoms with van der Waals surface area (Å²) in [5.74, 6) is -2.09. The van der Waals surface area contributed by atoms with E-state index in [1.807, 2.05) is 0 Å². The predicted octanol–water partition coefficient (Wildman–Crippen LogP) is 4.73. The monoisotopic (exact) mass is 554 g/mol. The van der Waals surface area contributed by atoms with Gasteiger partial charge >= 0.3 is 5.84 Å². The summed E-state index contributed by atoms with van der Waals surface area (Å²) in [5, 5.41) is 3.16. The second-order valence-electron chi connectivity index (χ2n) is 9.03. The van der Waals surface area contributed by atoms with E-state index in [2.05, 4.69) is 20.3 Å². The Morgan fingerprint density at radius 1 is 1.00 bits per heavy atom. The first-order valence-electron chi connectivity index (χ1n) is 12.1. The van der Waals surface area contributed by atoms with E-state index in [0.29, 0.717) is 41.3 Å². The number of oxazole rings is 1. The number of sulfonamides is 1. The molecular formula is C26H21F3N6O3S. The molecule has 1 N–H and O–H groups in total. The number of benzene rings is 2. The van der Waals surface area contributed by atoms with Crippen LogP contribution in [0.3, 0.4) is 0 Å². The highest BCUT2D eigenvalue weighted by atomic mass is 32.2. The van der Waals surface area contributed by atoms with Crippen molar-refractivity contribution in [2.45, 2.75) is 23.8 Å². The minimum absolute atomic E-state index is 0.0246. The smallest absolute Gasteiger partial charge is 0.306 e. The largest absolute Gasteiger partial charge is 0.432 e. The molecule has 0 bridgehead atoms. The number of aromatic nitrogens is 4. The van der Waals surface area contributed by atoms with Crippen LogP contribution >= 0.6 is 0 Å². The van der Waals surface area contributed by atoms with Gasteiger partial charge in [-0.1, -0.05) is 6.07 Å². The Kier molecular flexibility index (Phi) is 6.31. The lowest BCUT2D eigenvalue weighted by molar-refractivity contribution is 0.323. The molecule has 0 aliphatic carbocycles. The summed E-state index contributed by atoms with van der Waals surface area (Å²) in [4.78, 5) is 12.5. The van der Waals surface area contributed by atoms with Crippen LogP contribution < -0.4 is 5.32 Å². The number of halogens is 3. The molecule has 1 saturated heterocycles. The molecule has 3 aromatic heterocycles. The normalized spacial score (nSPS) is 16.5. The van der Waals surface area contributed by atoms with Crippen molar-refractivity contribution < 1.29 is 26.0 Å². The average Bonchev–Trinajstić information content (AvgIpc) is 3.51. The number of nitrogens with one attached hydrogen (secondary N) is 1. The maximum Gasteiger partial charge on any atom is 0.306 e. The van der Waals surface area contributed by atoms with E-state index >= 15 is 0 Å².